The minimum absolute atomic E-state index is 0.0142. The third-order valence-corrected chi connectivity index (χ3v) is 4.76. The Kier molecular flexibility index (Phi) is 5.19. The minimum Gasteiger partial charge on any atom is -0.435 e. The van der Waals surface area contributed by atoms with E-state index < -0.39 is 18.5 Å². The smallest absolute Gasteiger partial charge is 0.433 e. The molecule has 0 amide bonds. The van der Waals surface area contributed by atoms with E-state index >= 15 is 0 Å². The standard InChI is InChI=1S/C22H12F5N5O2/c23-21(24)33-14-8-6-13(7-9-14)19-29-30-20(34-19)16-11-18-28-15(12-4-2-1-3-5-12)10-17(22(25,26)27)32(18)31-16/h1-11,21H. The third kappa shape index (κ3) is 4.17. The van der Waals surface area contributed by atoms with Gasteiger partial charge in [0.25, 0.3) is 5.89 Å². The molecule has 5 rings (SSSR count). The van der Waals surface area contributed by atoms with Crippen LogP contribution in [0, 0.1) is 0 Å². The van der Waals surface area contributed by atoms with Gasteiger partial charge in [0.2, 0.25) is 5.89 Å². The summed E-state index contributed by atoms with van der Waals surface area (Å²) in [4.78, 5) is 4.30. The van der Waals surface area contributed by atoms with Gasteiger partial charge in [0, 0.05) is 17.2 Å². The first-order chi connectivity index (χ1) is 16.3. The number of aromatic nitrogens is 5. The molecule has 7 nitrogen and oxygen atoms in total. The number of hydrogen-bond acceptors (Lipinski definition) is 6. The van der Waals surface area contributed by atoms with Crippen LogP contribution in [-0.4, -0.2) is 31.4 Å². The molecule has 0 radical (unpaired) electrons. The van der Waals surface area contributed by atoms with Crippen LogP contribution in [0.15, 0.2) is 71.1 Å². The molecule has 172 valence electrons. The molecule has 0 aliphatic carbocycles. The number of halogens is 5. The average molecular weight is 473 g/mol. The highest BCUT2D eigenvalue weighted by atomic mass is 19.4. The number of hydrogen-bond donors (Lipinski definition) is 0. The van der Waals surface area contributed by atoms with Crippen molar-refractivity contribution in [3.05, 3.63) is 72.4 Å². The number of fused-ring (bicyclic) bond motifs is 1. The summed E-state index contributed by atoms with van der Waals surface area (Å²) in [5.74, 6) is -0.175. The molecule has 0 saturated heterocycles. The third-order valence-electron chi connectivity index (χ3n) is 4.76. The lowest BCUT2D eigenvalue weighted by molar-refractivity contribution is -0.142. The van der Waals surface area contributed by atoms with Crippen molar-refractivity contribution in [3.8, 4) is 40.0 Å². The molecule has 0 unspecified atom stereocenters. The lowest BCUT2D eigenvalue weighted by atomic mass is 10.1. The summed E-state index contributed by atoms with van der Waals surface area (Å²) in [6, 6.07) is 16.1. The van der Waals surface area contributed by atoms with E-state index in [0.29, 0.717) is 15.6 Å². The maximum absolute atomic E-state index is 13.8. The Balaban J connectivity index is 1.53. The molecule has 0 bridgehead atoms. The van der Waals surface area contributed by atoms with Gasteiger partial charge in [-0.1, -0.05) is 30.3 Å². The number of ether oxygens (including phenoxy) is 1. The van der Waals surface area contributed by atoms with Gasteiger partial charge >= 0.3 is 12.8 Å². The van der Waals surface area contributed by atoms with Crippen LogP contribution in [0.5, 0.6) is 5.75 Å². The number of alkyl halides is 5. The van der Waals surface area contributed by atoms with Crippen LogP contribution < -0.4 is 4.74 Å². The van der Waals surface area contributed by atoms with Crippen LogP contribution >= 0.6 is 0 Å². The van der Waals surface area contributed by atoms with Gasteiger partial charge in [0.1, 0.15) is 5.75 Å². The molecule has 0 fully saturated rings. The molecule has 0 aliphatic rings. The molecule has 34 heavy (non-hydrogen) atoms. The Labute approximate surface area is 187 Å². The number of nitrogens with zero attached hydrogens (tertiary/aromatic N) is 5. The minimum atomic E-state index is -4.70. The largest absolute Gasteiger partial charge is 0.435 e. The van der Waals surface area contributed by atoms with Gasteiger partial charge in [-0.25, -0.2) is 9.50 Å². The number of rotatable bonds is 5. The second-order valence-corrected chi connectivity index (χ2v) is 7.01. The fraction of sp³-hybridized carbons (Fsp3) is 0.0909. The first-order valence-electron chi connectivity index (χ1n) is 9.70. The predicted molar refractivity (Wildman–Crippen MR) is 109 cm³/mol. The summed E-state index contributed by atoms with van der Waals surface area (Å²) in [6.07, 6.45) is -4.70. The average Bonchev–Trinajstić information content (AvgIpc) is 3.46. The highest BCUT2D eigenvalue weighted by molar-refractivity contribution is 5.65. The maximum atomic E-state index is 13.8. The Morgan fingerprint density at radius 1 is 0.824 bits per heavy atom. The monoisotopic (exact) mass is 473 g/mol. The van der Waals surface area contributed by atoms with E-state index in [9.17, 15) is 22.0 Å². The van der Waals surface area contributed by atoms with E-state index in [1.54, 1.807) is 30.3 Å². The van der Waals surface area contributed by atoms with Crippen molar-refractivity contribution in [1.82, 2.24) is 24.8 Å². The molecule has 3 aromatic heterocycles. The lowest BCUT2D eigenvalue weighted by Gasteiger charge is -2.10. The summed E-state index contributed by atoms with van der Waals surface area (Å²) in [5, 5.41) is 11.7. The zero-order valence-corrected chi connectivity index (χ0v) is 16.9. The molecular formula is C22H12F5N5O2. The van der Waals surface area contributed by atoms with E-state index in [-0.39, 0.29) is 34.6 Å². The highest BCUT2D eigenvalue weighted by Gasteiger charge is 2.35. The van der Waals surface area contributed by atoms with Crippen molar-refractivity contribution in [2.75, 3.05) is 0 Å². The summed E-state index contributed by atoms with van der Waals surface area (Å²) >= 11 is 0. The molecule has 12 heteroatoms. The number of benzene rings is 2. The first-order valence-corrected chi connectivity index (χ1v) is 9.70. The molecule has 3 heterocycles. The van der Waals surface area contributed by atoms with E-state index in [4.69, 9.17) is 4.42 Å². The predicted octanol–water partition coefficient (Wildman–Crippen LogP) is 5.73. The second kappa shape index (κ2) is 8.21. The molecule has 0 aliphatic heterocycles. The fourth-order valence-electron chi connectivity index (χ4n) is 3.26. The topological polar surface area (TPSA) is 78.3 Å². The Bertz CT molecular complexity index is 1450. The quantitative estimate of drug-likeness (QED) is 0.303. The van der Waals surface area contributed by atoms with Crippen LogP contribution in [0.1, 0.15) is 5.69 Å². The summed E-state index contributed by atoms with van der Waals surface area (Å²) in [6.45, 7) is -2.96. The van der Waals surface area contributed by atoms with Crippen molar-refractivity contribution in [1.29, 1.82) is 0 Å². The van der Waals surface area contributed by atoms with Gasteiger partial charge in [0.15, 0.2) is 17.0 Å². The van der Waals surface area contributed by atoms with E-state index in [2.05, 4.69) is 25.0 Å². The van der Waals surface area contributed by atoms with E-state index in [1.807, 2.05) is 0 Å². The zero-order valence-electron chi connectivity index (χ0n) is 16.9. The van der Waals surface area contributed by atoms with Gasteiger partial charge in [-0.15, -0.1) is 10.2 Å². The second-order valence-electron chi connectivity index (χ2n) is 7.01. The molecule has 0 spiro atoms. The summed E-state index contributed by atoms with van der Waals surface area (Å²) < 4.78 is 76.4. The maximum Gasteiger partial charge on any atom is 0.433 e. The lowest BCUT2D eigenvalue weighted by Crippen LogP contribution is -2.13. The molecule has 2 aromatic carbocycles. The first kappa shape index (κ1) is 21.5. The highest BCUT2D eigenvalue weighted by Crippen LogP contribution is 2.33. The fourth-order valence-corrected chi connectivity index (χ4v) is 3.26. The van der Waals surface area contributed by atoms with Crippen molar-refractivity contribution in [2.24, 2.45) is 0 Å². The van der Waals surface area contributed by atoms with Crippen LogP contribution in [0.25, 0.3) is 39.9 Å². The molecule has 5 aromatic rings. The Morgan fingerprint density at radius 3 is 2.21 bits per heavy atom. The SMILES string of the molecule is FC(F)Oc1ccc(-c2nnc(-c3cc4nc(-c5ccccc5)cc(C(F)(F)F)n4n3)o2)cc1. The Morgan fingerprint density at radius 2 is 1.53 bits per heavy atom. The summed E-state index contributed by atoms with van der Waals surface area (Å²) in [7, 11) is 0. The van der Waals surface area contributed by atoms with Crippen LogP contribution in [-0.2, 0) is 6.18 Å². The van der Waals surface area contributed by atoms with Crippen LogP contribution in [0.3, 0.4) is 0 Å². The van der Waals surface area contributed by atoms with Gasteiger partial charge in [0.05, 0.1) is 5.69 Å². The van der Waals surface area contributed by atoms with Gasteiger partial charge < -0.3 is 9.15 Å². The zero-order chi connectivity index (χ0) is 23.9. The van der Waals surface area contributed by atoms with Crippen LogP contribution in [0.2, 0.25) is 0 Å². The molecule has 0 atom stereocenters. The van der Waals surface area contributed by atoms with Gasteiger partial charge in [-0.05, 0) is 30.3 Å². The van der Waals surface area contributed by atoms with Crippen molar-refractivity contribution < 1.29 is 31.1 Å². The van der Waals surface area contributed by atoms with E-state index in [0.717, 1.165) is 6.07 Å². The van der Waals surface area contributed by atoms with Gasteiger partial charge in [-0.3, -0.25) is 0 Å². The van der Waals surface area contributed by atoms with Crippen LogP contribution in [0.4, 0.5) is 22.0 Å². The Hall–Kier alpha value is -4.35. The molecular weight excluding hydrogens is 461 g/mol. The van der Waals surface area contributed by atoms with Gasteiger partial charge in [-0.2, -0.15) is 27.1 Å². The molecule has 0 N–H and O–H groups in total. The normalized spacial score (nSPS) is 11.9. The molecule has 0 saturated carbocycles. The van der Waals surface area contributed by atoms with Crippen molar-refractivity contribution in [3.63, 3.8) is 0 Å². The van der Waals surface area contributed by atoms with Crippen molar-refractivity contribution >= 4 is 5.65 Å². The van der Waals surface area contributed by atoms with Crippen molar-refractivity contribution in [2.45, 2.75) is 12.8 Å². The van der Waals surface area contributed by atoms with E-state index in [1.165, 1.54) is 30.3 Å². The summed E-state index contributed by atoms with van der Waals surface area (Å²) in [5.41, 5.74) is -0.0556.